The van der Waals surface area contributed by atoms with Crippen LogP contribution in [-0.4, -0.2) is 41.3 Å². The molecule has 0 aliphatic carbocycles. The van der Waals surface area contributed by atoms with Crippen molar-refractivity contribution in [1.82, 2.24) is 15.3 Å². The van der Waals surface area contributed by atoms with Crippen LogP contribution in [0.25, 0.3) is 0 Å². The summed E-state index contributed by atoms with van der Waals surface area (Å²) in [5.74, 6) is 0.936. The zero-order valence-electron chi connectivity index (χ0n) is 14.5. The Morgan fingerprint density at radius 1 is 1.24 bits per heavy atom. The molecule has 0 spiro atoms. The molecule has 2 aromatic heterocycles. The Bertz CT molecular complexity index is 682. The number of hydrogen-bond acceptors (Lipinski definition) is 5. The molecule has 0 aromatic carbocycles. The van der Waals surface area contributed by atoms with Crippen LogP contribution in [-0.2, 0) is 11.3 Å². The van der Waals surface area contributed by atoms with Gasteiger partial charge in [-0.15, -0.1) is 0 Å². The second-order valence-corrected chi connectivity index (χ2v) is 6.24. The van der Waals surface area contributed by atoms with E-state index in [-0.39, 0.29) is 18.2 Å². The predicted octanol–water partition coefficient (Wildman–Crippen LogP) is 2.41. The van der Waals surface area contributed by atoms with E-state index in [1.807, 2.05) is 12.1 Å². The van der Waals surface area contributed by atoms with Crippen LogP contribution in [0.1, 0.15) is 19.4 Å². The smallest absolute Gasteiger partial charge is 0.319 e. The fourth-order valence-electron chi connectivity index (χ4n) is 2.87. The quantitative estimate of drug-likeness (QED) is 0.893. The molecule has 2 amide bonds. The molecule has 2 aromatic rings. The summed E-state index contributed by atoms with van der Waals surface area (Å²) in [6.07, 6.45) is 5.45. The summed E-state index contributed by atoms with van der Waals surface area (Å²) in [6.45, 7) is 6.23. The van der Waals surface area contributed by atoms with Gasteiger partial charge in [-0.2, -0.15) is 0 Å². The van der Waals surface area contributed by atoms with E-state index in [0.29, 0.717) is 12.2 Å². The Labute approximate surface area is 147 Å². The minimum atomic E-state index is -0.270. The molecule has 1 aliphatic heterocycles. The number of nitrogens with one attached hydrogen (secondary N) is 2. The van der Waals surface area contributed by atoms with Crippen molar-refractivity contribution >= 4 is 17.5 Å². The molecule has 25 heavy (non-hydrogen) atoms. The van der Waals surface area contributed by atoms with Crippen molar-refractivity contribution in [3.8, 4) is 0 Å². The van der Waals surface area contributed by atoms with Crippen molar-refractivity contribution in [1.29, 1.82) is 0 Å². The minimum Gasteiger partial charge on any atom is -0.372 e. The number of urea groups is 1. The molecule has 7 heteroatoms. The van der Waals surface area contributed by atoms with Crippen LogP contribution < -0.4 is 15.5 Å². The fraction of sp³-hybridized carbons (Fsp3) is 0.389. The number of morpholine rings is 1. The lowest BCUT2D eigenvalue weighted by molar-refractivity contribution is -0.00546. The van der Waals surface area contributed by atoms with Crippen LogP contribution >= 0.6 is 0 Å². The average molecular weight is 341 g/mol. The minimum absolute atomic E-state index is 0.197. The Hall–Kier alpha value is -2.67. The molecule has 132 valence electrons. The molecule has 2 unspecified atom stereocenters. The first-order chi connectivity index (χ1) is 12.1. The lowest BCUT2D eigenvalue weighted by atomic mass is 10.2. The fourth-order valence-corrected chi connectivity index (χ4v) is 2.87. The van der Waals surface area contributed by atoms with E-state index in [1.54, 1.807) is 30.7 Å². The molecular weight excluding hydrogens is 318 g/mol. The lowest BCUT2D eigenvalue weighted by Gasteiger charge is -2.36. The maximum Gasteiger partial charge on any atom is 0.319 e. The van der Waals surface area contributed by atoms with Crippen LogP contribution in [0, 0.1) is 0 Å². The molecule has 0 radical (unpaired) electrons. The Balaban J connectivity index is 1.51. The van der Waals surface area contributed by atoms with Gasteiger partial charge in [0.1, 0.15) is 5.82 Å². The average Bonchev–Trinajstić information content (AvgIpc) is 2.60. The number of anilines is 2. The molecule has 0 bridgehead atoms. The van der Waals surface area contributed by atoms with Gasteiger partial charge in [0.05, 0.1) is 24.1 Å². The van der Waals surface area contributed by atoms with Gasteiger partial charge in [-0.25, -0.2) is 9.78 Å². The van der Waals surface area contributed by atoms with Gasteiger partial charge in [-0.1, -0.05) is 6.07 Å². The first-order valence-corrected chi connectivity index (χ1v) is 8.40. The van der Waals surface area contributed by atoms with Crippen LogP contribution in [0.2, 0.25) is 0 Å². The normalized spacial score (nSPS) is 20.2. The number of carbonyl (C=O) groups excluding carboxylic acids is 1. The number of aromatic nitrogens is 2. The van der Waals surface area contributed by atoms with Gasteiger partial charge in [-0.05, 0) is 37.6 Å². The monoisotopic (exact) mass is 341 g/mol. The molecule has 1 fully saturated rings. The summed E-state index contributed by atoms with van der Waals surface area (Å²) in [5, 5.41) is 5.54. The lowest BCUT2D eigenvalue weighted by Crippen LogP contribution is -2.45. The van der Waals surface area contributed by atoms with Crippen molar-refractivity contribution in [3.63, 3.8) is 0 Å². The van der Waals surface area contributed by atoms with Gasteiger partial charge in [0.25, 0.3) is 0 Å². The molecule has 2 atom stereocenters. The Morgan fingerprint density at radius 2 is 2.04 bits per heavy atom. The van der Waals surface area contributed by atoms with Gasteiger partial charge in [-0.3, -0.25) is 4.98 Å². The number of amides is 2. The summed E-state index contributed by atoms with van der Waals surface area (Å²) < 4.78 is 5.75. The van der Waals surface area contributed by atoms with Crippen molar-refractivity contribution in [3.05, 3.63) is 48.4 Å². The number of ether oxygens (including phenoxy) is 1. The van der Waals surface area contributed by atoms with E-state index in [0.717, 1.165) is 24.5 Å². The number of hydrogen-bond donors (Lipinski definition) is 2. The van der Waals surface area contributed by atoms with Gasteiger partial charge >= 0.3 is 6.03 Å². The molecule has 7 nitrogen and oxygen atoms in total. The molecule has 3 rings (SSSR count). The molecule has 1 aliphatic rings. The largest absolute Gasteiger partial charge is 0.372 e. The number of nitrogens with zero attached hydrogens (tertiary/aromatic N) is 3. The maximum atomic E-state index is 11.9. The molecule has 1 saturated heterocycles. The third-order valence-electron chi connectivity index (χ3n) is 3.93. The molecule has 2 N–H and O–H groups in total. The highest BCUT2D eigenvalue weighted by atomic mass is 16.5. The van der Waals surface area contributed by atoms with Crippen molar-refractivity contribution in [2.24, 2.45) is 0 Å². The van der Waals surface area contributed by atoms with Crippen LogP contribution in [0.5, 0.6) is 0 Å². The van der Waals surface area contributed by atoms with Crippen molar-refractivity contribution in [2.45, 2.75) is 32.6 Å². The van der Waals surface area contributed by atoms with Gasteiger partial charge in [0.2, 0.25) is 0 Å². The SMILES string of the molecule is CC1CN(c2ccc(CNC(=O)Nc3cccnc3)cn2)CC(C)O1. The van der Waals surface area contributed by atoms with Crippen LogP contribution in [0.3, 0.4) is 0 Å². The highest BCUT2D eigenvalue weighted by molar-refractivity contribution is 5.88. The Morgan fingerprint density at radius 3 is 2.68 bits per heavy atom. The highest BCUT2D eigenvalue weighted by Crippen LogP contribution is 2.18. The molecule has 3 heterocycles. The van der Waals surface area contributed by atoms with Gasteiger partial charge in [0, 0.05) is 32.0 Å². The van der Waals surface area contributed by atoms with Gasteiger partial charge < -0.3 is 20.3 Å². The predicted molar refractivity (Wildman–Crippen MR) is 96.6 cm³/mol. The van der Waals surface area contributed by atoms with Crippen molar-refractivity contribution < 1.29 is 9.53 Å². The van der Waals surface area contributed by atoms with E-state index in [2.05, 4.69) is 39.3 Å². The number of pyridine rings is 2. The third-order valence-corrected chi connectivity index (χ3v) is 3.93. The van der Waals surface area contributed by atoms with E-state index in [1.165, 1.54) is 0 Å². The summed E-state index contributed by atoms with van der Waals surface area (Å²) in [5.41, 5.74) is 1.60. The van der Waals surface area contributed by atoms with E-state index >= 15 is 0 Å². The molecular formula is C18H23N5O2. The standard InChI is InChI=1S/C18H23N5O2/c1-13-11-23(12-14(2)25-13)17-6-5-15(8-20-17)9-21-18(24)22-16-4-3-7-19-10-16/h3-8,10,13-14H,9,11-12H2,1-2H3,(H2,21,22,24). The molecule has 0 saturated carbocycles. The second kappa shape index (κ2) is 7.94. The highest BCUT2D eigenvalue weighted by Gasteiger charge is 2.22. The zero-order valence-corrected chi connectivity index (χ0v) is 14.5. The van der Waals surface area contributed by atoms with Crippen molar-refractivity contribution in [2.75, 3.05) is 23.3 Å². The van der Waals surface area contributed by atoms with E-state index in [4.69, 9.17) is 4.74 Å². The van der Waals surface area contributed by atoms with E-state index < -0.39 is 0 Å². The van der Waals surface area contributed by atoms with Crippen LogP contribution in [0.15, 0.2) is 42.9 Å². The zero-order chi connectivity index (χ0) is 17.6. The number of rotatable bonds is 4. The van der Waals surface area contributed by atoms with Crippen LogP contribution in [0.4, 0.5) is 16.3 Å². The summed E-state index contributed by atoms with van der Waals surface area (Å²) in [6, 6.07) is 7.25. The first-order valence-electron chi connectivity index (χ1n) is 8.40. The second-order valence-electron chi connectivity index (χ2n) is 6.24. The topological polar surface area (TPSA) is 79.4 Å². The number of carbonyl (C=O) groups is 1. The summed E-state index contributed by atoms with van der Waals surface area (Å²) in [4.78, 5) is 22.6. The van der Waals surface area contributed by atoms with E-state index in [9.17, 15) is 4.79 Å². The summed E-state index contributed by atoms with van der Waals surface area (Å²) in [7, 11) is 0. The summed E-state index contributed by atoms with van der Waals surface area (Å²) >= 11 is 0. The first kappa shape index (κ1) is 17.2. The van der Waals surface area contributed by atoms with Gasteiger partial charge in [0.15, 0.2) is 0 Å². The Kier molecular flexibility index (Phi) is 5.45. The third kappa shape index (κ3) is 4.90. The maximum absolute atomic E-state index is 11.9.